The molecule has 0 bridgehead atoms. The maximum Gasteiger partial charge on any atom is 0.278 e. The maximum atomic E-state index is 11.6. The molecule has 0 atom stereocenters. The summed E-state index contributed by atoms with van der Waals surface area (Å²) in [5.41, 5.74) is 6.59. The molecule has 8 heteroatoms. The zero-order valence-electron chi connectivity index (χ0n) is 10.7. The van der Waals surface area contributed by atoms with Gasteiger partial charge in [0.1, 0.15) is 5.52 Å². The van der Waals surface area contributed by atoms with E-state index in [1.807, 2.05) is 0 Å². The van der Waals surface area contributed by atoms with Crippen molar-refractivity contribution >= 4 is 26.6 Å². The van der Waals surface area contributed by atoms with Crippen molar-refractivity contribution in [2.45, 2.75) is 4.90 Å². The topological polar surface area (TPSA) is 104 Å². The summed E-state index contributed by atoms with van der Waals surface area (Å²) < 4.78 is 33.2. The van der Waals surface area contributed by atoms with Crippen molar-refractivity contribution in [3.63, 3.8) is 0 Å². The number of sulfone groups is 1. The standard InChI is InChI=1S/C11H13N3O4S/c1-17-10-11(18-2)14-9-6(13-10)4-5-7(8(9)12)19(3,15)16/h4-5H,12H2,1-3H3. The smallest absolute Gasteiger partial charge is 0.278 e. The summed E-state index contributed by atoms with van der Waals surface area (Å²) in [5.74, 6) is 0.355. The minimum atomic E-state index is -3.43. The van der Waals surface area contributed by atoms with E-state index in [0.717, 1.165) is 6.26 Å². The van der Waals surface area contributed by atoms with Crippen molar-refractivity contribution in [1.82, 2.24) is 9.97 Å². The Bertz CT molecular complexity index is 743. The van der Waals surface area contributed by atoms with Crippen LogP contribution in [0.5, 0.6) is 11.8 Å². The van der Waals surface area contributed by atoms with Crippen molar-refractivity contribution in [2.24, 2.45) is 0 Å². The number of methoxy groups -OCH3 is 2. The molecule has 1 aromatic heterocycles. The second kappa shape index (κ2) is 4.54. The second-order valence-electron chi connectivity index (χ2n) is 3.86. The summed E-state index contributed by atoms with van der Waals surface area (Å²) in [6.45, 7) is 0. The van der Waals surface area contributed by atoms with Crippen LogP contribution in [0.4, 0.5) is 5.69 Å². The van der Waals surface area contributed by atoms with E-state index in [1.54, 1.807) is 0 Å². The first-order valence-corrected chi connectivity index (χ1v) is 7.16. The Hall–Kier alpha value is -2.09. The van der Waals surface area contributed by atoms with Crippen LogP contribution in [-0.2, 0) is 9.84 Å². The Morgan fingerprint density at radius 2 is 1.68 bits per heavy atom. The Morgan fingerprint density at radius 3 is 2.21 bits per heavy atom. The Kier molecular flexibility index (Phi) is 3.19. The summed E-state index contributed by atoms with van der Waals surface area (Å²) in [5, 5.41) is 0. The van der Waals surface area contributed by atoms with Gasteiger partial charge in [-0.05, 0) is 12.1 Å². The molecule has 0 saturated carbocycles. The average molecular weight is 283 g/mol. The van der Waals surface area contributed by atoms with E-state index < -0.39 is 9.84 Å². The number of benzene rings is 1. The number of rotatable bonds is 3. The lowest BCUT2D eigenvalue weighted by Crippen LogP contribution is -2.05. The van der Waals surface area contributed by atoms with Gasteiger partial charge in [-0.25, -0.2) is 18.4 Å². The van der Waals surface area contributed by atoms with Crippen LogP contribution in [0.25, 0.3) is 11.0 Å². The largest absolute Gasteiger partial charge is 0.477 e. The second-order valence-corrected chi connectivity index (χ2v) is 5.84. The molecule has 7 nitrogen and oxygen atoms in total. The van der Waals surface area contributed by atoms with Crippen LogP contribution in [-0.4, -0.2) is 38.9 Å². The molecule has 0 saturated heterocycles. The summed E-state index contributed by atoms with van der Waals surface area (Å²) >= 11 is 0. The lowest BCUT2D eigenvalue weighted by atomic mass is 10.2. The summed E-state index contributed by atoms with van der Waals surface area (Å²) in [4.78, 5) is 8.32. The van der Waals surface area contributed by atoms with Gasteiger partial charge in [-0.2, -0.15) is 0 Å². The molecule has 2 N–H and O–H groups in total. The monoisotopic (exact) mass is 283 g/mol. The molecule has 0 unspecified atom stereocenters. The van der Waals surface area contributed by atoms with Gasteiger partial charge in [0, 0.05) is 6.26 Å². The molecular formula is C11H13N3O4S. The molecule has 0 aliphatic carbocycles. The minimum absolute atomic E-state index is 0.0153. The van der Waals surface area contributed by atoms with Crippen molar-refractivity contribution in [2.75, 3.05) is 26.2 Å². The Morgan fingerprint density at radius 1 is 1.11 bits per heavy atom. The quantitative estimate of drug-likeness (QED) is 0.824. The first-order chi connectivity index (χ1) is 8.88. The van der Waals surface area contributed by atoms with Gasteiger partial charge >= 0.3 is 0 Å². The molecule has 1 heterocycles. The van der Waals surface area contributed by atoms with E-state index in [9.17, 15) is 8.42 Å². The first kappa shape index (κ1) is 13.3. The van der Waals surface area contributed by atoms with Crippen LogP contribution in [0, 0.1) is 0 Å². The maximum absolute atomic E-state index is 11.6. The molecule has 0 aliphatic heterocycles. The average Bonchev–Trinajstić information content (AvgIpc) is 2.36. The van der Waals surface area contributed by atoms with E-state index >= 15 is 0 Å². The van der Waals surface area contributed by atoms with Gasteiger partial charge in [0.2, 0.25) is 0 Å². The number of fused-ring (bicyclic) bond motifs is 1. The molecule has 0 fully saturated rings. The van der Waals surface area contributed by atoms with E-state index in [0.29, 0.717) is 5.52 Å². The number of nitrogen functional groups attached to an aromatic ring is 1. The van der Waals surface area contributed by atoms with Gasteiger partial charge in [-0.15, -0.1) is 0 Å². The molecule has 0 aliphatic rings. The van der Waals surface area contributed by atoms with Crippen LogP contribution in [0.3, 0.4) is 0 Å². The predicted molar refractivity (Wildman–Crippen MR) is 70.2 cm³/mol. The summed E-state index contributed by atoms with van der Waals surface area (Å²) in [6, 6.07) is 2.92. The highest BCUT2D eigenvalue weighted by Crippen LogP contribution is 2.31. The third-order valence-electron chi connectivity index (χ3n) is 2.56. The first-order valence-electron chi connectivity index (χ1n) is 5.26. The third kappa shape index (κ3) is 2.26. The number of nitrogens with two attached hydrogens (primary N) is 1. The van der Waals surface area contributed by atoms with E-state index in [-0.39, 0.29) is 27.9 Å². The molecule has 0 amide bonds. The van der Waals surface area contributed by atoms with Gasteiger partial charge < -0.3 is 15.2 Å². The number of hydrogen-bond donors (Lipinski definition) is 1. The highest BCUT2D eigenvalue weighted by molar-refractivity contribution is 7.90. The highest BCUT2D eigenvalue weighted by Gasteiger charge is 2.18. The lowest BCUT2D eigenvalue weighted by molar-refractivity contribution is 0.334. The molecule has 0 radical (unpaired) electrons. The molecule has 2 rings (SSSR count). The number of nitrogens with zero attached hydrogens (tertiary/aromatic N) is 2. The van der Waals surface area contributed by atoms with Crippen LogP contribution in [0.1, 0.15) is 0 Å². The van der Waals surface area contributed by atoms with E-state index in [2.05, 4.69) is 9.97 Å². The van der Waals surface area contributed by atoms with Crippen molar-refractivity contribution < 1.29 is 17.9 Å². The number of hydrogen-bond acceptors (Lipinski definition) is 7. The molecule has 1 aromatic carbocycles. The van der Waals surface area contributed by atoms with Crippen LogP contribution in [0.15, 0.2) is 17.0 Å². The van der Waals surface area contributed by atoms with E-state index in [4.69, 9.17) is 15.2 Å². The normalized spacial score (nSPS) is 11.5. The van der Waals surface area contributed by atoms with Crippen molar-refractivity contribution in [3.8, 4) is 11.8 Å². The van der Waals surface area contributed by atoms with Crippen LogP contribution in [0.2, 0.25) is 0 Å². The predicted octanol–water partition coefficient (Wildman–Crippen LogP) is 0.633. The molecule has 0 spiro atoms. The van der Waals surface area contributed by atoms with Gasteiger partial charge in [-0.3, -0.25) is 0 Å². The van der Waals surface area contributed by atoms with Gasteiger partial charge in [0.25, 0.3) is 11.8 Å². The zero-order valence-corrected chi connectivity index (χ0v) is 11.5. The third-order valence-corrected chi connectivity index (χ3v) is 3.72. The zero-order chi connectivity index (χ0) is 14.2. The Labute approximate surface area is 110 Å². The number of aromatic nitrogens is 2. The molecule has 102 valence electrons. The fourth-order valence-electron chi connectivity index (χ4n) is 1.68. The molecule has 19 heavy (non-hydrogen) atoms. The Balaban J connectivity index is 2.83. The van der Waals surface area contributed by atoms with Crippen molar-refractivity contribution in [3.05, 3.63) is 12.1 Å². The fraction of sp³-hybridized carbons (Fsp3) is 0.273. The van der Waals surface area contributed by atoms with Gasteiger partial charge in [-0.1, -0.05) is 0 Å². The minimum Gasteiger partial charge on any atom is -0.477 e. The molecule has 2 aromatic rings. The number of anilines is 1. The highest BCUT2D eigenvalue weighted by atomic mass is 32.2. The van der Waals surface area contributed by atoms with Crippen molar-refractivity contribution in [1.29, 1.82) is 0 Å². The lowest BCUT2D eigenvalue weighted by Gasteiger charge is -2.10. The van der Waals surface area contributed by atoms with Crippen LogP contribution < -0.4 is 15.2 Å². The number of ether oxygens (including phenoxy) is 2. The van der Waals surface area contributed by atoms with Crippen LogP contribution >= 0.6 is 0 Å². The fourth-order valence-corrected chi connectivity index (χ4v) is 2.49. The SMILES string of the molecule is COc1nc2ccc(S(C)(=O)=O)c(N)c2nc1OC. The summed E-state index contributed by atoms with van der Waals surface area (Å²) in [7, 11) is -0.576. The van der Waals surface area contributed by atoms with E-state index in [1.165, 1.54) is 26.4 Å². The molecular weight excluding hydrogens is 270 g/mol. The van der Waals surface area contributed by atoms with Gasteiger partial charge in [0.05, 0.1) is 30.3 Å². The van der Waals surface area contributed by atoms with Gasteiger partial charge in [0.15, 0.2) is 9.84 Å². The summed E-state index contributed by atoms with van der Waals surface area (Å²) in [6.07, 6.45) is 1.08.